The molecule has 0 aliphatic heterocycles. The molecule has 96 valence electrons. The summed E-state index contributed by atoms with van der Waals surface area (Å²) in [5, 5.41) is 7.45. The van der Waals surface area contributed by atoms with Gasteiger partial charge in [0.15, 0.2) is 5.75 Å². The normalized spacial score (nSPS) is 12.4. The lowest BCUT2D eigenvalue weighted by atomic mass is 10.2. The Morgan fingerprint density at radius 2 is 2.17 bits per heavy atom. The molecule has 1 aromatic heterocycles. The molecule has 2 rings (SSSR count). The van der Waals surface area contributed by atoms with Crippen LogP contribution in [0.1, 0.15) is 12.5 Å². The van der Waals surface area contributed by atoms with Gasteiger partial charge in [0.2, 0.25) is 0 Å². The number of likely N-dealkylation sites (N-methyl/N-ethyl adjacent to an activating group) is 1. The molecular weight excluding hydrogens is 226 g/mol. The average Bonchev–Trinajstić information content (AvgIpc) is 2.85. The van der Waals surface area contributed by atoms with Crippen LogP contribution in [-0.4, -0.2) is 29.5 Å². The fourth-order valence-electron chi connectivity index (χ4n) is 1.64. The third-order valence-electron chi connectivity index (χ3n) is 2.91. The smallest absolute Gasteiger partial charge is 0.157 e. The molecule has 1 atom stereocenters. The molecule has 1 unspecified atom stereocenters. The van der Waals surface area contributed by atoms with Gasteiger partial charge in [0.25, 0.3) is 0 Å². The number of nitrogens with one attached hydrogen (secondary N) is 1. The van der Waals surface area contributed by atoms with Gasteiger partial charge in [0, 0.05) is 6.04 Å². The Kier molecular flexibility index (Phi) is 3.99. The summed E-state index contributed by atoms with van der Waals surface area (Å²) in [4.78, 5) is 0. The highest BCUT2D eigenvalue weighted by Gasteiger charge is 2.05. The molecule has 0 bridgehead atoms. The van der Waals surface area contributed by atoms with Crippen molar-refractivity contribution in [3.05, 3.63) is 42.2 Å². The van der Waals surface area contributed by atoms with E-state index < -0.39 is 0 Å². The Labute approximate surface area is 108 Å². The summed E-state index contributed by atoms with van der Waals surface area (Å²) in [6.07, 6.45) is 3.65. The number of aromatic nitrogens is 2. The summed E-state index contributed by atoms with van der Waals surface area (Å²) in [6.45, 7) is 4.78. The molecule has 0 saturated carbocycles. The lowest BCUT2D eigenvalue weighted by molar-refractivity contribution is 0.280. The number of para-hydroxylation sites is 1. The van der Waals surface area contributed by atoms with E-state index in [0.717, 1.165) is 11.4 Å². The Balaban J connectivity index is 2.09. The molecular formula is C14H19N3O. The van der Waals surface area contributed by atoms with E-state index in [1.54, 1.807) is 6.20 Å². The zero-order chi connectivity index (χ0) is 13.0. The van der Waals surface area contributed by atoms with Crippen LogP contribution in [0.3, 0.4) is 0 Å². The van der Waals surface area contributed by atoms with Crippen molar-refractivity contribution in [2.45, 2.75) is 19.9 Å². The van der Waals surface area contributed by atoms with Crippen LogP contribution in [0.15, 0.2) is 36.7 Å². The highest BCUT2D eigenvalue weighted by Crippen LogP contribution is 2.16. The summed E-state index contributed by atoms with van der Waals surface area (Å²) in [7, 11) is 1.92. The van der Waals surface area contributed by atoms with E-state index in [-0.39, 0.29) is 0 Å². The van der Waals surface area contributed by atoms with Gasteiger partial charge in [-0.1, -0.05) is 18.2 Å². The number of ether oxygens (including phenoxy) is 1. The monoisotopic (exact) mass is 245 g/mol. The van der Waals surface area contributed by atoms with E-state index in [1.165, 1.54) is 5.56 Å². The minimum Gasteiger partial charge on any atom is -0.489 e. The molecule has 0 saturated heterocycles. The third-order valence-corrected chi connectivity index (χ3v) is 2.91. The van der Waals surface area contributed by atoms with Gasteiger partial charge < -0.3 is 10.1 Å². The first-order valence-corrected chi connectivity index (χ1v) is 6.11. The van der Waals surface area contributed by atoms with Crippen molar-refractivity contribution in [1.29, 1.82) is 0 Å². The second-order valence-corrected chi connectivity index (χ2v) is 4.41. The standard InChI is InChI=1S/C14H19N3O/c1-11-6-4-5-7-14(11)17-9-13(8-16-17)18-10-12(2)15-3/h4-9,12,15H,10H2,1-3H3. The van der Waals surface area contributed by atoms with Crippen molar-refractivity contribution in [2.24, 2.45) is 0 Å². The largest absolute Gasteiger partial charge is 0.489 e. The fraction of sp³-hybridized carbons (Fsp3) is 0.357. The van der Waals surface area contributed by atoms with Gasteiger partial charge in [-0.3, -0.25) is 0 Å². The maximum absolute atomic E-state index is 5.65. The van der Waals surface area contributed by atoms with Crippen LogP contribution in [0, 0.1) is 6.92 Å². The highest BCUT2D eigenvalue weighted by atomic mass is 16.5. The highest BCUT2D eigenvalue weighted by molar-refractivity contribution is 5.40. The number of hydrogen-bond donors (Lipinski definition) is 1. The number of aryl methyl sites for hydroxylation is 1. The molecule has 0 aliphatic rings. The van der Waals surface area contributed by atoms with Crippen LogP contribution in [-0.2, 0) is 0 Å². The van der Waals surface area contributed by atoms with E-state index in [1.807, 2.05) is 36.1 Å². The first-order valence-electron chi connectivity index (χ1n) is 6.11. The molecule has 0 aliphatic carbocycles. The lowest BCUT2D eigenvalue weighted by Crippen LogP contribution is -2.28. The average molecular weight is 245 g/mol. The first-order chi connectivity index (χ1) is 8.70. The van der Waals surface area contributed by atoms with Crippen LogP contribution in [0.2, 0.25) is 0 Å². The minimum atomic E-state index is 0.326. The molecule has 4 nitrogen and oxygen atoms in total. The summed E-state index contributed by atoms with van der Waals surface area (Å²) < 4.78 is 7.50. The summed E-state index contributed by atoms with van der Waals surface area (Å²) in [5.41, 5.74) is 2.27. The zero-order valence-electron chi connectivity index (χ0n) is 11.1. The summed E-state index contributed by atoms with van der Waals surface area (Å²) in [5.74, 6) is 0.792. The van der Waals surface area contributed by atoms with Crippen molar-refractivity contribution in [1.82, 2.24) is 15.1 Å². The minimum absolute atomic E-state index is 0.326. The predicted molar refractivity (Wildman–Crippen MR) is 72.3 cm³/mol. The topological polar surface area (TPSA) is 39.1 Å². The SMILES string of the molecule is CNC(C)COc1cnn(-c2ccccc2C)c1. The van der Waals surface area contributed by atoms with Crippen LogP contribution in [0.4, 0.5) is 0 Å². The van der Waals surface area contributed by atoms with Crippen LogP contribution < -0.4 is 10.1 Å². The first kappa shape index (κ1) is 12.6. The molecule has 0 spiro atoms. The molecule has 0 amide bonds. The molecule has 1 heterocycles. The van der Waals surface area contributed by atoms with Gasteiger partial charge in [0.05, 0.1) is 18.1 Å². The Morgan fingerprint density at radius 3 is 2.89 bits per heavy atom. The maximum Gasteiger partial charge on any atom is 0.157 e. The second-order valence-electron chi connectivity index (χ2n) is 4.41. The fourth-order valence-corrected chi connectivity index (χ4v) is 1.64. The number of benzene rings is 1. The molecule has 4 heteroatoms. The van der Waals surface area contributed by atoms with Crippen molar-refractivity contribution in [3.8, 4) is 11.4 Å². The molecule has 18 heavy (non-hydrogen) atoms. The number of rotatable bonds is 5. The van der Waals surface area contributed by atoms with Crippen molar-refractivity contribution in [2.75, 3.05) is 13.7 Å². The van der Waals surface area contributed by atoms with Crippen LogP contribution in [0.5, 0.6) is 5.75 Å². The zero-order valence-corrected chi connectivity index (χ0v) is 11.1. The van der Waals surface area contributed by atoms with Crippen LogP contribution >= 0.6 is 0 Å². The molecule has 2 aromatic rings. The second kappa shape index (κ2) is 5.69. The van der Waals surface area contributed by atoms with Gasteiger partial charge in [-0.15, -0.1) is 0 Å². The maximum atomic E-state index is 5.65. The van der Waals surface area contributed by atoms with E-state index in [0.29, 0.717) is 12.6 Å². The van der Waals surface area contributed by atoms with Crippen molar-refractivity contribution < 1.29 is 4.74 Å². The Hall–Kier alpha value is -1.81. The van der Waals surface area contributed by atoms with E-state index in [9.17, 15) is 0 Å². The van der Waals surface area contributed by atoms with Gasteiger partial charge in [0.1, 0.15) is 6.61 Å². The van der Waals surface area contributed by atoms with Crippen molar-refractivity contribution in [3.63, 3.8) is 0 Å². The molecule has 1 aromatic carbocycles. The van der Waals surface area contributed by atoms with Gasteiger partial charge >= 0.3 is 0 Å². The summed E-state index contributed by atoms with van der Waals surface area (Å²) >= 11 is 0. The molecule has 0 radical (unpaired) electrons. The number of nitrogens with zero attached hydrogens (tertiary/aromatic N) is 2. The Bertz CT molecular complexity index is 507. The quantitative estimate of drug-likeness (QED) is 0.877. The van der Waals surface area contributed by atoms with Gasteiger partial charge in [-0.25, -0.2) is 4.68 Å². The Morgan fingerprint density at radius 1 is 1.39 bits per heavy atom. The summed E-state index contributed by atoms with van der Waals surface area (Å²) in [6, 6.07) is 8.47. The molecule has 1 N–H and O–H groups in total. The van der Waals surface area contributed by atoms with Crippen LogP contribution in [0.25, 0.3) is 5.69 Å². The van der Waals surface area contributed by atoms with E-state index >= 15 is 0 Å². The third kappa shape index (κ3) is 2.90. The van der Waals surface area contributed by atoms with Gasteiger partial charge in [-0.05, 0) is 32.5 Å². The van der Waals surface area contributed by atoms with Gasteiger partial charge in [-0.2, -0.15) is 5.10 Å². The predicted octanol–water partition coefficient (Wildman–Crippen LogP) is 2.17. The molecule has 0 fully saturated rings. The lowest BCUT2D eigenvalue weighted by Gasteiger charge is -2.10. The number of hydrogen-bond acceptors (Lipinski definition) is 3. The van der Waals surface area contributed by atoms with E-state index in [2.05, 4.69) is 30.3 Å². The van der Waals surface area contributed by atoms with Crippen molar-refractivity contribution >= 4 is 0 Å². The van der Waals surface area contributed by atoms with E-state index in [4.69, 9.17) is 4.74 Å².